The van der Waals surface area contributed by atoms with E-state index in [1.165, 1.54) is 13.2 Å². The number of halogens is 1. The van der Waals surface area contributed by atoms with E-state index >= 15 is 0 Å². The molecule has 0 aliphatic rings. The quantitative estimate of drug-likeness (QED) is 0.883. The molecule has 4 nitrogen and oxygen atoms in total. The van der Waals surface area contributed by atoms with E-state index in [9.17, 15) is 4.39 Å². The van der Waals surface area contributed by atoms with E-state index in [0.717, 1.165) is 11.3 Å². The van der Waals surface area contributed by atoms with Gasteiger partial charge in [-0.3, -0.25) is 0 Å². The lowest BCUT2D eigenvalue weighted by Gasteiger charge is -2.07. The number of benzene rings is 1. The van der Waals surface area contributed by atoms with Gasteiger partial charge in [0.05, 0.1) is 13.3 Å². The zero-order valence-electron chi connectivity index (χ0n) is 10.1. The second-order valence-corrected chi connectivity index (χ2v) is 3.71. The summed E-state index contributed by atoms with van der Waals surface area (Å²) in [7, 11) is 1.44. The maximum absolute atomic E-state index is 13.2. The Kier molecular flexibility index (Phi) is 3.62. The molecule has 2 aromatic rings. The summed E-state index contributed by atoms with van der Waals surface area (Å²) in [5.41, 5.74) is 1.80. The number of anilines is 1. The van der Waals surface area contributed by atoms with Crippen LogP contribution in [0.25, 0.3) is 6.20 Å². The lowest BCUT2D eigenvalue weighted by Crippen LogP contribution is -1.99. The lowest BCUT2D eigenvalue weighted by molar-refractivity contribution is 0.387. The summed E-state index contributed by atoms with van der Waals surface area (Å²) >= 11 is 0. The van der Waals surface area contributed by atoms with Crippen LogP contribution >= 0.6 is 0 Å². The minimum atomic E-state index is -0.373. The van der Waals surface area contributed by atoms with E-state index in [-0.39, 0.29) is 11.6 Å². The van der Waals surface area contributed by atoms with E-state index in [4.69, 9.17) is 4.74 Å². The van der Waals surface area contributed by atoms with Gasteiger partial charge in [-0.05, 0) is 12.1 Å². The Labute approximate surface area is 105 Å². The molecule has 0 atom stereocenters. The molecule has 0 spiro atoms. The van der Waals surface area contributed by atoms with Gasteiger partial charge in [-0.25, -0.2) is 9.07 Å². The van der Waals surface area contributed by atoms with E-state index in [1.54, 1.807) is 29.2 Å². The molecule has 5 heteroatoms. The van der Waals surface area contributed by atoms with Gasteiger partial charge in [0.25, 0.3) is 0 Å². The number of methoxy groups -OCH3 is 1. The third-order valence-electron chi connectivity index (χ3n) is 2.49. The monoisotopic (exact) mass is 247 g/mol. The van der Waals surface area contributed by atoms with E-state index in [0.29, 0.717) is 6.54 Å². The number of hydrogen-bond acceptors (Lipinski definition) is 3. The predicted molar refractivity (Wildman–Crippen MR) is 68.9 cm³/mol. The van der Waals surface area contributed by atoms with E-state index in [2.05, 4.69) is 17.0 Å². The van der Waals surface area contributed by atoms with Crippen LogP contribution in [0.4, 0.5) is 10.1 Å². The number of nitrogens with one attached hydrogen (secondary N) is 1. The van der Waals surface area contributed by atoms with Crippen molar-refractivity contribution >= 4 is 11.9 Å². The topological polar surface area (TPSA) is 39.1 Å². The van der Waals surface area contributed by atoms with Gasteiger partial charge in [0.15, 0.2) is 11.6 Å². The molecule has 18 heavy (non-hydrogen) atoms. The normalized spacial score (nSPS) is 10.1. The first-order chi connectivity index (χ1) is 8.72. The van der Waals surface area contributed by atoms with Crippen molar-refractivity contribution in [3.05, 3.63) is 48.6 Å². The SMILES string of the molecule is C=Cn1cc(CNc2ccc(F)c(OC)c2)cn1. The van der Waals surface area contributed by atoms with Crippen LogP contribution < -0.4 is 10.1 Å². The van der Waals surface area contributed by atoms with Gasteiger partial charge in [-0.1, -0.05) is 6.58 Å². The van der Waals surface area contributed by atoms with Gasteiger partial charge in [0, 0.05) is 36.3 Å². The van der Waals surface area contributed by atoms with Crippen molar-refractivity contribution in [2.24, 2.45) is 0 Å². The Hall–Kier alpha value is -2.30. The van der Waals surface area contributed by atoms with Gasteiger partial charge >= 0.3 is 0 Å². The summed E-state index contributed by atoms with van der Waals surface area (Å²) in [6, 6.07) is 4.65. The Balaban J connectivity index is 2.03. The minimum Gasteiger partial charge on any atom is -0.494 e. The molecule has 1 heterocycles. The summed E-state index contributed by atoms with van der Waals surface area (Å²) in [6.45, 7) is 4.22. The molecule has 1 aromatic heterocycles. The average molecular weight is 247 g/mol. The van der Waals surface area contributed by atoms with Gasteiger partial charge in [0.2, 0.25) is 0 Å². The zero-order valence-corrected chi connectivity index (χ0v) is 10.1. The highest BCUT2D eigenvalue weighted by Crippen LogP contribution is 2.21. The summed E-state index contributed by atoms with van der Waals surface area (Å²) in [5, 5.41) is 7.23. The van der Waals surface area contributed by atoms with Crippen molar-refractivity contribution in [3.63, 3.8) is 0 Å². The second-order valence-electron chi connectivity index (χ2n) is 3.71. The number of ether oxygens (including phenoxy) is 1. The Morgan fingerprint density at radius 1 is 1.56 bits per heavy atom. The molecule has 0 fully saturated rings. The van der Waals surface area contributed by atoms with Crippen LogP contribution in [0.5, 0.6) is 5.75 Å². The Morgan fingerprint density at radius 3 is 3.06 bits per heavy atom. The predicted octanol–water partition coefficient (Wildman–Crippen LogP) is 2.74. The van der Waals surface area contributed by atoms with Crippen molar-refractivity contribution in [2.75, 3.05) is 12.4 Å². The van der Waals surface area contributed by atoms with Crippen molar-refractivity contribution in [1.82, 2.24) is 9.78 Å². The van der Waals surface area contributed by atoms with E-state index < -0.39 is 0 Å². The fourth-order valence-corrected chi connectivity index (χ4v) is 1.54. The molecule has 0 aliphatic carbocycles. The highest BCUT2D eigenvalue weighted by atomic mass is 19.1. The van der Waals surface area contributed by atoms with Gasteiger partial charge in [0.1, 0.15) is 0 Å². The second kappa shape index (κ2) is 5.35. The Morgan fingerprint density at radius 2 is 2.39 bits per heavy atom. The Bertz CT molecular complexity index is 551. The highest BCUT2D eigenvalue weighted by molar-refractivity contribution is 5.49. The summed E-state index contributed by atoms with van der Waals surface area (Å²) in [4.78, 5) is 0. The molecule has 1 aromatic carbocycles. The molecule has 0 radical (unpaired) electrons. The van der Waals surface area contributed by atoms with Crippen LogP contribution in [0.2, 0.25) is 0 Å². The van der Waals surface area contributed by atoms with Gasteiger partial charge in [-0.15, -0.1) is 0 Å². The van der Waals surface area contributed by atoms with Gasteiger partial charge < -0.3 is 10.1 Å². The largest absolute Gasteiger partial charge is 0.494 e. The fraction of sp³-hybridized carbons (Fsp3) is 0.154. The van der Waals surface area contributed by atoms with Crippen molar-refractivity contribution in [2.45, 2.75) is 6.54 Å². The maximum atomic E-state index is 13.2. The summed E-state index contributed by atoms with van der Waals surface area (Å²) in [6.07, 6.45) is 5.22. The highest BCUT2D eigenvalue weighted by Gasteiger charge is 2.03. The standard InChI is InChI=1S/C13H14FN3O/c1-3-17-9-10(8-16-17)7-15-11-4-5-12(14)13(6-11)18-2/h3-6,8-9,15H,1,7H2,2H3. The molecule has 2 rings (SSSR count). The van der Waals surface area contributed by atoms with Crippen LogP contribution in [-0.4, -0.2) is 16.9 Å². The smallest absolute Gasteiger partial charge is 0.165 e. The number of nitrogens with zero attached hydrogens (tertiary/aromatic N) is 2. The molecule has 1 N–H and O–H groups in total. The van der Waals surface area contributed by atoms with Crippen molar-refractivity contribution in [3.8, 4) is 5.75 Å². The number of hydrogen-bond donors (Lipinski definition) is 1. The molecule has 0 unspecified atom stereocenters. The fourth-order valence-electron chi connectivity index (χ4n) is 1.54. The minimum absolute atomic E-state index is 0.224. The molecule has 0 amide bonds. The molecular formula is C13H14FN3O. The third-order valence-corrected chi connectivity index (χ3v) is 2.49. The maximum Gasteiger partial charge on any atom is 0.165 e. The first-order valence-corrected chi connectivity index (χ1v) is 5.46. The number of aromatic nitrogens is 2. The van der Waals surface area contributed by atoms with Crippen molar-refractivity contribution in [1.29, 1.82) is 0 Å². The van der Waals surface area contributed by atoms with Crippen molar-refractivity contribution < 1.29 is 9.13 Å². The summed E-state index contributed by atoms with van der Waals surface area (Å²) in [5.74, 6) is -0.149. The van der Waals surface area contributed by atoms with Crippen LogP contribution in [0.15, 0.2) is 37.2 Å². The summed E-state index contributed by atoms with van der Waals surface area (Å²) < 4.78 is 19.7. The molecule has 94 valence electrons. The third kappa shape index (κ3) is 2.68. The molecule has 0 saturated heterocycles. The molecule has 0 bridgehead atoms. The van der Waals surface area contributed by atoms with E-state index in [1.807, 2.05) is 6.20 Å². The molecular weight excluding hydrogens is 233 g/mol. The van der Waals surface area contributed by atoms with Crippen LogP contribution in [0.3, 0.4) is 0 Å². The first-order valence-electron chi connectivity index (χ1n) is 5.46. The molecule has 0 saturated carbocycles. The molecule has 0 aliphatic heterocycles. The van der Waals surface area contributed by atoms with Crippen LogP contribution in [0.1, 0.15) is 5.56 Å². The zero-order chi connectivity index (χ0) is 13.0. The lowest BCUT2D eigenvalue weighted by atomic mass is 10.2. The average Bonchev–Trinajstić information content (AvgIpc) is 2.86. The number of rotatable bonds is 5. The van der Waals surface area contributed by atoms with Gasteiger partial charge in [-0.2, -0.15) is 5.10 Å². The first kappa shape index (κ1) is 12.2. The van der Waals surface area contributed by atoms with Crippen LogP contribution in [-0.2, 0) is 6.54 Å². The van der Waals surface area contributed by atoms with Crippen LogP contribution in [0, 0.1) is 5.82 Å².